The molecule has 1 atom stereocenters. The number of aliphatic hydroxyl groups is 1. The molecule has 1 aromatic heterocycles. The second-order valence-electron chi connectivity index (χ2n) is 4.41. The molecule has 1 aromatic rings. The van der Waals surface area contributed by atoms with E-state index in [1.54, 1.807) is 18.4 Å². The third-order valence-electron chi connectivity index (χ3n) is 3.35. The van der Waals surface area contributed by atoms with E-state index < -0.39 is 0 Å². The zero-order valence-corrected chi connectivity index (χ0v) is 10.1. The van der Waals surface area contributed by atoms with Gasteiger partial charge in [-0.15, -0.1) is 11.3 Å². The lowest BCUT2D eigenvalue weighted by molar-refractivity contribution is -0.0994. The average Bonchev–Trinajstić information content (AvgIpc) is 2.58. The van der Waals surface area contributed by atoms with E-state index in [2.05, 4.69) is 13.0 Å². The van der Waals surface area contributed by atoms with Crippen LogP contribution < -0.4 is 0 Å². The Hall–Kier alpha value is -0.380. The van der Waals surface area contributed by atoms with E-state index in [1.807, 2.05) is 6.07 Å². The van der Waals surface area contributed by atoms with Gasteiger partial charge in [-0.2, -0.15) is 0 Å². The molecule has 2 rings (SSSR count). The van der Waals surface area contributed by atoms with Crippen LogP contribution in [0.1, 0.15) is 41.5 Å². The van der Waals surface area contributed by atoms with Gasteiger partial charge in [0.1, 0.15) is 0 Å². The lowest BCUT2D eigenvalue weighted by atomic mass is 9.76. The maximum Gasteiger partial charge on any atom is 0.0909 e. The molecule has 0 aliphatic heterocycles. The van der Waals surface area contributed by atoms with Gasteiger partial charge in [0.25, 0.3) is 0 Å². The van der Waals surface area contributed by atoms with Crippen LogP contribution in [0.3, 0.4) is 0 Å². The quantitative estimate of drug-likeness (QED) is 0.855. The van der Waals surface area contributed by atoms with Gasteiger partial charge in [0.2, 0.25) is 0 Å². The summed E-state index contributed by atoms with van der Waals surface area (Å²) < 4.78 is 5.52. The van der Waals surface area contributed by atoms with Gasteiger partial charge in [-0.25, -0.2) is 0 Å². The third-order valence-corrected chi connectivity index (χ3v) is 4.45. The van der Waals surface area contributed by atoms with Gasteiger partial charge in [0.15, 0.2) is 0 Å². The molecule has 1 N–H and O–H groups in total. The monoisotopic (exact) mass is 226 g/mol. The SMILES string of the molecule is COC1(CC(O)c2ccc(C)s2)CCC1. The topological polar surface area (TPSA) is 29.5 Å². The number of thiophene rings is 1. The summed E-state index contributed by atoms with van der Waals surface area (Å²) in [6.07, 6.45) is 3.78. The van der Waals surface area contributed by atoms with E-state index in [-0.39, 0.29) is 11.7 Å². The van der Waals surface area contributed by atoms with Crippen molar-refractivity contribution in [2.75, 3.05) is 7.11 Å². The highest BCUT2D eigenvalue weighted by Crippen LogP contribution is 2.42. The summed E-state index contributed by atoms with van der Waals surface area (Å²) in [6.45, 7) is 2.07. The van der Waals surface area contributed by atoms with Crippen molar-refractivity contribution < 1.29 is 9.84 Å². The van der Waals surface area contributed by atoms with Gasteiger partial charge in [-0.3, -0.25) is 0 Å². The molecule has 2 nitrogen and oxygen atoms in total. The summed E-state index contributed by atoms with van der Waals surface area (Å²) >= 11 is 1.68. The van der Waals surface area contributed by atoms with E-state index in [1.165, 1.54) is 11.3 Å². The van der Waals surface area contributed by atoms with E-state index in [4.69, 9.17) is 4.74 Å². The molecule has 0 radical (unpaired) electrons. The predicted octanol–water partition coefficient (Wildman–Crippen LogP) is 3.05. The molecular weight excluding hydrogens is 208 g/mol. The molecule has 1 unspecified atom stereocenters. The number of aliphatic hydroxyl groups excluding tert-OH is 1. The molecule has 15 heavy (non-hydrogen) atoms. The largest absolute Gasteiger partial charge is 0.387 e. The zero-order chi connectivity index (χ0) is 10.9. The van der Waals surface area contributed by atoms with Crippen molar-refractivity contribution in [1.82, 2.24) is 0 Å². The van der Waals surface area contributed by atoms with Crippen molar-refractivity contribution in [1.29, 1.82) is 0 Å². The van der Waals surface area contributed by atoms with Gasteiger partial charge in [-0.1, -0.05) is 0 Å². The van der Waals surface area contributed by atoms with Crippen molar-refractivity contribution >= 4 is 11.3 Å². The maximum absolute atomic E-state index is 10.1. The molecule has 1 aliphatic rings. The fourth-order valence-corrected chi connectivity index (χ4v) is 3.01. The predicted molar refractivity (Wildman–Crippen MR) is 62.2 cm³/mol. The lowest BCUT2D eigenvalue weighted by Crippen LogP contribution is -2.40. The second kappa shape index (κ2) is 4.24. The number of methoxy groups -OCH3 is 1. The van der Waals surface area contributed by atoms with Crippen LogP contribution in [-0.2, 0) is 4.74 Å². The summed E-state index contributed by atoms with van der Waals surface area (Å²) in [5.74, 6) is 0. The molecule has 84 valence electrons. The fourth-order valence-electron chi connectivity index (χ4n) is 2.15. The number of rotatable bonds is 4. The molecule has 0 bridgehead atoms. The van der Waals surface area contributed by atoms with Crippen molar-refractivity contribution in [2.24, 2.45) is 0 Å². The van der Waals surface area contributed by atoms with Gasteiger partial charge >= 0.3 is 0 Å². The van der Waals surface area contributed by atoms with Gasteiger partial charge < -0.3 is 9.84 Å². The van der Waals surface area contributed by atoms with Crippen LogP contribution in [0.2, 0.25) is 0 Å². The van der Waals surface area contributed by atoms with Crippen molar-refractivity contribution in [3.8, 4) is 0 Å². The molecule has 0 spiro atoms. The fraction of sp³-hybridized carbons (Fsp3) is 0.667. The normalized spacial score (nSPS) is 21.0. The molecule has 0 amide bonds. The Kier molecular flexibility index (Phi) is 3.14. The average molecular weight is 226 g/mol. The molecule has 0 saturated heterocycles. The maximum atomic E-state index is 10.1. The van der Waals surface area contributed by atoms with Gasteiger partial charge in [-0.05, 0) is 38.3 Å². The van der Waals surface area contributed by atoms with E-state index in [0.29, 0.717) is 0 Å². The minimum absolute atomic E-state index is 0.0443. The molecule has 1 heterocycles. The van der Waals surface area contributed by atoms with Crippen LogP contribution in [-0.4, -0.2) is 17.8 Å². The minimum atomic E-state index is -0.357. The Morgan fingerprint density at radius 2 is 2.27 bits per heavy atom. The van der Waals surface area contributed by atoms with Crippen molar-refractivity contribution in [3.05, 3.63) is 21.9 Å². The van der Waals surface area contributed by atoms with Crippen LogP contribution in [0.5, 0.6) is 0 Å². The van der Waals surface area contributed by atoms with E-state index >= 15 is 0 Å². The smallest absolute Gasteiger partial charge is 0.0909 e. The first-order valence-corrected chi connectivity index (χ1v) is 6.26. The van der Waals surface area contributed by atoms with E-state index in [0.717, 1.165) is 24.1 Å². The van der Waals surface area contributed by atoms with Crippen LogP contribution in [0.4, 0.5) is 0 Å². The number of ether oxygens (including phenoxy) is 1. The first kappa shape index (κ1) is 11.1. The molecule has 0 aromatic carbocycles. The van der Waals surface area contributed by atoms with Crippen LogP contribution in [0.15, 0.2) is 12.1 Å². The van der Waals surface area contributed by atoms with Crippen LogP contribution in [0, 0.1) is 6.92 Å². The Bertz CT molecular complexity index is 323. The standard InChI is InChI=1S/C12H18O2S/c1-9-4-5-11(15-9)10(13)8-12(14-2)6-3-7-12/h4-5,10,13H,3,6-8H2,1-2H3. The Morgan fingerprint density at radius 1 is 1.53 bits per heavy atom. The summed E-state index contributed by atoms with van der Waals surface area (Å²) in [7, 11) is 1.76. The number of aryl methyl sites for hydroxylation is 1. The number of hydrogen-bond donors (Lipinski definition) is 1. The summed E-state index contributed by atoms with van der Waals surface area (Å²) in [5.41, 5.74) is -0.0443. The molecule has 1 fully saturated rings. The molecular formula is C12H18O2S. The first-order valence-electron chi connectivity index (χ1n) is 5.45. The van der Waals surface area contributed by atoms with Gasteiger partial charge in [0.05, 0.1) is 11.7 Å². The highest BCUT2D eigenvalue weighted by Gasteiger charge is 2.39. The highest BCUT2D eigenvalue weighted by atomic mass is 32.1. The Balaban J connectivity index is 1.99. The minimum Gasteiger partial charge on any atom is -0.387 e. The molecule has 1 aliphatic carbocycles. The molecule has 1 saturated carbocycles. The first-order chi connectivity index (χ1) is 7.15. The third kappa shape index (κ3) is 2.25. The summed E-state index contributed by atoms with van der Waals surface area (Å²) in [5, 5.41) is 10.1. The van der Waals surface area contributed by atoms with Crippen molar-refractivity contribution in [3.63, 3.8) is 0 Å². The van der Waals surface area contributed by atoms with Crippen LogP contribution in [0.25, 0.3) is 0 Å². The van der Waals surface area contributed by atoms with Gasteiger partial charge in [0, 0.05) is 23.3 Å². The second-order valence-corrected chi connectivity index (χ2v) is 5.73. The van der Waals surface area contributed by atoms with Crippen molar-refractivity contribution in [2.45, 2.75) is 44.3 Å². The van der Waals surface area contributed by atoms with E-state index in [9.17, 15) is 5.11 Å². The Labute approximate surface area is 94.9 Å². The van der Waals surface area contributed by atoms with Crippen LogP contribution >= 0.6 is 11.3 Å². The number of hydrogen-bond acceptors (Lipinski definition) is 3. The highest BCUT2D eigenvalue weighted by molar-refractivity contribution is 7.12. The zero-order valence-electron chi connectivity index (χ0n) is 9.32. The summed E-state index contributed by atoms with van der Waals surface area (Å²) in [6, 6.07) is 4.08. The Morgan fingerprint density at radius 3 is 2.67 bits per heavy atom. The molecule has 3 heteroatoms. The lowest BCUT2D eigenvalue weighted by Gasteiger charge is -2.41. The summed E-state index contributed by atoms with van der Waals surface area (Å²) in [4.78, 5) is 2.32.